The number of pyridine rings is 1. The van der Waals surface area contributed by atoms with Crippen molar-refractivity contribution in [3.05, 3.63) is 35.4 Å². The van der Waals surface area contributed by atoms with E-state index in [0.29, 0.717) is 24.0 Å². The lowest BCUT2D eigenvalue weighted by atomic mass is 9.80. The molecule has 0 amide bonds. The van der Waals surface area contributed by atoms with Crippen LogP contribution in [0.2, 0.25) is 0 Å². The monoisotopic (exact) mass is 372 g/mol. The minimum absolute atomic E-state index is 0.380. The van der Waals surface area contributed by atoms with Crippen molar-refractivity contribution in [3.63, 3.8) is 0 Å². The molecular formula is C20H28N4O3. The van der Waals surface area contributed by atoms with Gasteiger partial charge in [-0.1, -0.05) is 6.42 Å². The van der Waals surface area contributed by atoms with Crippen molar-refractivity contribution in [1.29, 1.82) is 0 Å². The van der Waals surface area contributed by atoms with Crippen LogP contribution in [0.3, 0.4) is 0 Å². The van der Waals surface area contributed by atoms with Crippen molar-refractivity contribution in [2.45, 2.75) is 51.4 Å². The lowest BCUT2D eigenvalue weighted by Crippen LogP contribution is -2.24. The van der Waals surface area contributed by atoms with Crippen LogP contribution >= 0.6 is 0 Å². The molecule has 1 fully saturated rings. The fourth-order valence-electron chi connectivity index (χ4n) is 4.00. The van der Waals surface area contributed by atoms with Gasteiger partial charge in [-0.05, 0) is 31.2 Å². The van der Waals surface area contributed by atoms with Crippen molar-refractivity contribution in [1.82, 2.24) is 19.7 Å². The smallest absolute Gasteiger partial charge is 0.183 e. The number of hydrogen-bond donors (Lipinski definition) is 1. The highest BCUT2D eigenvalue weighted by atomic mass is 16.5. The molecule has 1 atom stereocenters. The Labute approximate surface area is 159 Å². The standard InChI is InChI=1S/C20H28N4O3/c1-26-18-7-8-21-17(20(18)27-2)13-23-9-4-10-24-15(12-23)11-16(22-24)19(25)14-5-3-6-14/h7-8,11,14,19,25H,3-6,9-10,12-13H2,1-2H3. The Morgan fingerprint density at radius 3 is 2.78 bits per heavy atom. The number of hydrogen-bond acceptors (Lipinski definition) is 6. The Hall–Kier alpha value is -2.12. The number of aryl methyl sites for hydroxylation is 1. The van der Waals surface area contributed by atoms with Crippen LogP contribution in [0, 0.1) is 5.92 Å². The molecule has 2 aromatic heterocycles. The second-order valence-corrected chi connectivity index (χ2v) is 7.48. The molecule has 2 aliphatic rings. The first-order chi connectivity index (χ1) is 13.2. The Morgan fingerprint density at radius 2 is 2.07 bits per heavy atom. The van der Waals surface area contributed by atoms with Gasteiger partial charge < -0.3 is 14.6 Å². The largest absolute Gasteiger partial charge is 0.493 e. The first-order valence-corrected chi connectivity index (χ1v) is 9.72. The minimum atomic E-state index is -0.424. The molecule has 0 spiro atoms. The predicted molar refractivity (Wildman–Crippen MR) is 101 cm³/mol. The van der Waals surface area contributed by atoms with Gasteiger partial charge in [-0.15, -0.1) is 0 Å². The quantitative estimate of drug-likeness (QED) is 0.840. The van der Waals surface area contributed by atoms with Gasteiger partial charge in [0.05, 0.1) is 25.6 Å². The van der Waals surface area contributed by atoms with Gasteiger partial charge in [0.2, 0.25) is 0 Å². The Balaban J connectivity index is 1.51. The second kappa shape index (κ2) is 7.86. The number of nitrogens with zero attached hydrogens (tertiary/aromatic N) is 4. The summed E-state index contributed by atoms with van der Waals surface area (Å²) in [4.78, 5) is 6.86. The van der Waals surface area contributed by atoms with Crippen molar-refractivity contribution in [3.8, 4) is 11.5 Å². The average molecular weight is 372 g/mol. The molecule has 146 valence electrons. The molecule has 1 N–H and O–H groups in total. The van der Waals surface area contributed by atoms with Gasteiger partial charge in [0, 0.05) is 38.4 Å². The maximum absolute atomic E-state index is 10.6. The average Bonchev–Trinajstić information content (AvgIpc) is 2.93. The van der Waals surface area contributed by atoms with Gasteiger partial charge in [-0.25, -0.2) is 0 Å². The number of methoxy groups -OCH3 is 2. The molecule has 1 aliphatic carbocycles. The molecule has 7 heteroatoms. The Bertz CT molecular complexity index is 788. The molecule has 4 rings (SSSR count). The number of rotatable bonds is 6. The number of fused-ring (bicyclic) bond motifs is 1. The first kappa shape index (κ1) is 18.3. The van der Waals surface area contributed by atoms with Gasteiger partial charge in [0.15, 0.2) is 11.5 Å². The fraction of sp³-hybridized carbons (Fsp3) is 0.600. The number of aromatic nitrogens is 3. The molecule has 2 aromatic rings. The molecule has 1 aliphatic heterocycles. The predicted octanol–water partition coefficient (Wildman–Crippen LogP) is 2.53. The molecule has 0 radical (unpaired) electrons. The second-order valence-electron chi connectivity index (χ2n) is 7.48. The van der Waals surface area contributed by atoms with Crippen molar-refractivity contribution in [2.75, 3.05) is 20.8 Å². The van der Waals surface area contributed by atoms with Crippen LogP contribution in [0.5, 0.6) is 11.5 Å². The number of aliphatic hydroxyl groups excluding tert-OH is 1. The van der Waals surface area contributed by atoms with E-state index in [-0.39, 0.29) is 0 Å². The van der Waals surface area contributed by atoms with E-state index in [1.165, 1.54) is 6.42 Å². The van der Waals surface area contributed by atoms with Crippen LogP contribution < -0.4 is 9.47 Å². The lowest BCUT2D eigenvalue weighted by Gasteiger charge is -2.29. The van der Waals surface area contributed by atoms with Gasteiger partial charge in [-0.2, -0.15) is 5.10 Å². The summed E-state index contributed by atoms with van der Waals surface area (Å²) < 4.78 is 13.0. The zero-order chi connectivity index (χ0) is 18.8. The highest BCUT2D eigenvalue weighted by Gasteiger charge is 2.30. The highest BCUT2D eigenvalue weighted by Crippen LogP contribution is 2.37. The number of aliphatic hydroxyl groups is 1. The van der Waals surface area contributed by atoms with E-state index in [2.05, 4.69) is 20.6 Å². The summed E-state index contributed by atoms with van der Waals surface area (Å²) >= 11 is 0. The molecule has 0 aromatic carbocycles. The van der Waals surface area contributed by atoms with Crippen molar-refractivity contribution >= 4 is 0 Å². The van der Waals surface area contributed by atoms with E-state index in [1.807, 2.05) is 6.07 Å². The van der Waals surface area contributed by atoms with E-state index in [0.717, 1.165) is 56.0 Å². The SMILES string of the molecule is COc1ccnc(CN2CCCn3nc(C(O)C4CCC4)cc3C2)c1OC. The zero-order valence-electron chi connectivity index (χ0n) is 16.1. The summed E-state index contributed by atoms with van der Waals surface area (Å²) in [6, 6.07) is 3.89. The van der Waals surface area contributed by atoms with Crippen molar-refractivity contribution in [2.24, 2.45) is 5.92 Å². The highest BCUT2D eigenvalue weighted by molar-refractivity contribution is 5.42. The topological polar surface area (TPSA) is 72.6 Å². The Morgan fingerprint density at radius 1 is 1.22 bits per heavy atom. The number of ether oxygens (including phenoxy) is 2. The van der Waals surface area contributed by atoms with Gasteiger partial charge in [-0.3, -0.25) is 14.6 Å². The third-order valence-electron chi connectivity index (χ3n) is 5.75. The summed E-state index contributed by atoms with van der Waals surface area (Å²) in [6.07, 6.45) is 5.78. The first-order valence-electron chi connectivity index (χ1n) is 9.72. The maximum Gasteiger partial charge on any atom is 0.183 e. The minimum Gasteiger partial charge on any atom is -0.493 e. The third kappa shape index (κ3) is 3.66. The molecule has 0 saturated heterocycles. The summed E-state index contributed by atoms with van der Waals surface area (Å²) in [5, 5.41) is 15.3. The molecule has 3 heterocycles. The van der Waals surface area contributed by atoms with E-state index in [1.54, 1.807) is 20.4 Å². The van der Waals surface area contributed by atoms with E-state index in [9.17, 15) is 5.11 Å². The van der Waals surface area contributed by atoms with Crippen LogP contribution in [-0.4, -0.2) is 45.5 Å². The van der Waals surface area contributed by atoms with Gasteiger partial charge in [0.25, 0.3) is 0 Å². The van der Waals surface area contributed by atoms with E-state index >= 15 is 0 Å². The zero-order valence-corrected chi connectivity index (χ0v) is 16.1. The summed E-state index contributed by atoms with van der Waals surface area (Å²) in [7, 11) is 3.29. The van der Waals surface area contributed by atoms with Crippen LogP contribution in [0.25, 0.3) is 0 Å². The fourth-order valence-corrected chi connectivity index (χ4v) is 4.00. The summed E-state index contributed by atoms with van der Waals surface area (Å²) in [6.45, 7) is 3.32. The Kier molecular flexibility index (Phi) is 5.31. The van der Waals surface area contributed by atoms with E-state index < -0.39 is 6.10 Å². The molecule has 1 saturated carbocycles. The van der Waals surface area contributed by atoms with Gasteiger partial charge in [0.1, 0.15) is 11.8 Å². The summed E-state index contributed by atoms with van der Waals surface area (Å²) in [5.41, 5.74) is 2.86. The molecule has 1 unspecified atom stereocenters. The maximum atomic E-state index is 10.6. The van der Waals surface area contributed by atoms with Crippen LogP contribution in [0.1, 0.15) is 48.9 Å². The normalized spacial score (nSPS) is 19.1. The molecule has 7 nitrogen and oxygen atoms in total. The molecular weight excluding hydrogens is 344 g/mol. The lowest BCUT2D eigenvalue weighted by molar-refractivity contribution is 0.0581. The van der Waals surface area contributed by atoms with Crippen LogP contribution in [0.4, 0.5) is 0 Å². The van der Waals surface area contributed by atoms with Crippen molar-refractivity contribution < 1.29 is 14.6 Å². The van der Waals surface area contributed by atoms with Crippen LogP contribution in [-0.2, 0) is 19.6 Å². The third-order valence-corrected chi connectivity index (χ3v) is 5.75. The van der Waals surface area contributed by atoms with Crippen LogP contribution in [0.15, 0.2) is 18.3 Å². The van der Waals surface area contributed by atoms with E-state index in [4.69, 9.17) is 14.6 Å². The van der Waals surface area contributed by atoms with Gasteiger partial charge >= 0.3 is 0 Å². The summed E-state index contributed by atoms with van der Waals surface area (Å²) in [5.74, 6) is 1.78. The molecule has 27 heavy (non-hydrogen) atoms. The molecule has 0 bridgehead atoms.